The molecule has 9 heteroatoms. The Morgan fingerprint density at radius 2 is 1.59 bits per heavy atom. The number of carboxylic acid groups (broad SMARTS) is 2. The second-order valence-corrected chi connectivity index (χ2v) is 6.67. The number of carboxylic acids is 2. The van der Waals surface area contributed by atoms with Crippen LogP contribution in [-0.2, 0) is 25.6 Å². The quantitative estimate of drug-likeness (QED) is 0.368. The topological polar surface area (TPSA) is 159 Å². The predicted molar refractivity (Wildman–Crippen MR) is 97.8 cm³/mol. The molecular formula is C18H25N3O6. The molecular weight excluding hydrogens is 354 g/mol. The lowest BCUT2D eigenvalue weighted by molar-refractivity contribution is -0.147. The molecule has 0 aromatic heterocycles. The number of amides is 2. The summed E-state index contributed by atoms with van der Waals surface area (Å²) >= 11 is 0. The standard InChI is InChI=1S/C18H25N3O6/c1-10(2)7-13(17(25)21-14(18(26)27)9-16(23)24)20-15(22)8-11-3-5-12(19)6-4-11/h3-6,10,13-14H,7-9,19H2,1-2H3,(H,20,22)(H,21,25)(H,23,24)(H,26,27)/t13-,14-/m0/s1. The lowest BCUT2D eigenvalue weighted by Crippen LogP contribution is -2.52. The van der Waals surface area contributed by atoms with Crippen LogP contribution < -0.4 is 16.4 Å². The molecule has 6 N–H and O–H groups in total. The first-order valence-electron chi connectivity index (χ1n) is 8.47. The maximum Gasteiger partial charge on any atom is 0.326 e. The molecule has 1 rings (SSSR count). The summed E-state index contributed by atoms with van der Waals surface area (Å²) in [4.78, 5) is 46.6. The van der Waals surface area contributed by atoms with Crippen LogP contribution in [0.4, 0.5) is 5.69 Å². The first-order chi connectivity index (χ1) is 12.6. The van der Waals surface area contributed by atoms with E-state index in [-0.39, 0.29) is 18.8 Å². The van der Waals surface area contributed by atoms with Gasteiger partial charge in [0.1, 0.15) is 12.1 Å². The van der Waals surface area contributed by atoms with Crippen LogP contribution in [0.15, 0.2) is 24.3 Å². The lowest BCUT2D eigenvalue weighted by atomic mass is 10.0. The van der Waals surface area contributed by atoms with Crippen molar-refractivity contribution in [2.45, 2.75) is 45.2 Å². The first-order valence-corrected chi connectivity index (χ1v) is 8.47. The van der Waals surface area contributed by atoms with Crippen LogP contribution in [0.3, 0.4) is 0 Å². The fourth-order valence-corrected chi connectivity index (χ4v) is 2.42. The van der Waals surface area contributed by atoms with Crippen molar-refractivity contribution < 1.29 is 29.4 Å². The molecule has 0 heterocycles. The number of anilines is 1. The van der Waals surface area contributed by atoms with E-state index in [9.17, 15) is 19.2 Å². The average molecular weight is 379 g/mol. The van der Waals surface area contributed by atoms with Crippen molar-refractivity contribution in [3.8, 4) is 0 Å². The molecule has 1 aromatic carbocycles. The van der Waals surface area contributed by atoms with Gasteiger partial charge in [-0.2, -0.15) is 0 Å². The highest BCUT2D eigenvalue weighted by Crippen LogP contribution is 2.09. The monoisotopic (exact) mass is 379 g/mol. The Labute approximate surface area is 156 Å². The molecule has 0 fully saturated rings. The highest BCUT2D eigenvalue weighted by Gasteiger charge is 2.28. The van der Waals surface area contributed by atoms with E-state index in [0.717, 1.165) is 0 Å². The van der Waals surface area contributed by atoms with Crippen LogP contribution in [0, 0.1) is 5.92 Å². The zero-order valence-corrected chi connectivity index (χ0v) is 15.3. The largest absolute Gasteiger partial charge is 0.481 e. The molecule has 0 aliphatic rings. The van der Waals surface area contributed by atoms with Crippen molar-refractivity contribution in [2.24, 2.45) is 5.92 Å². The number of hydrogen-bond donors (Lipinski definition) is 5. The van der Waals surface area contributed by atoms with E-state index in [2.05, 4.69) is 10.6 Å². The zero-order valence-electron chi connectivity index (χ0n) is 15.3. The van der Waals surface area contributed by atoms with Crippen molar-refractivity contribution in [1.82, 2.24) is 10.6 Å². The van der Waals surface area contributed by atoms with Crippen molar-refractivity contribution in [3.05, 3.63) is 29.8 Å². The summed E-state index contributed by atoms with van der Waals surface area (Å²) in [7, 11) is 0. The third-order valence-corrected chi connectivity index (χ3v) is 3.70. The molecule has 2 atom stereocenters. The van der Waals surface area contributed by atoms with Crippen LogP contribution in [0.5, 0.6) is 0 Å². The fourth-order valence-electron chi connectivity index (χ4n) is 2.42. The fraction of sp³-hybridized carbons (Fsp3) is 0.444. The molecule has 9 nitrogen and oxygen atoms in total. The summed E-state index contributed by atoms with van der Waals surface area (Å²) in [5.74, 6) is -3.91. The van der Waals surface area contributed by atoms with E-state index >= 15 is 0 Å². The van der Waals surface area contributed by atoms with Crippen molar-refractivity contribution in [1.29, 1.82) is 0 Å². The maximum atomic E-state index is 12.4. The molecule has 2 amide bonds. The minimum Gasteiger partial charge on any atom is -0.481 e. The zero-order chi connectivity index (χ0) is 20.6. The minimum atomic E-state index is -1.57. The van der Waals surface area contributed by atoms with Gasteiger partial charge in [0.25, 0.3) is 0 Å². The van der Waals surface area contributed by atoms with Gasteiger partial charge in [-0.15, -0.1) is 0 Å². The number of aliphatic carboxylic acids is 2. The lowest BCUT2D eigenvalue weighted by Gasteiger charge is -2.22. The van der Waals surface area contributed by atoms with E-state index in [1.807, 2.05) is 13.8 Å². The molecule has 0 saturated carbocycles. The van der Waals surface area contributed by atoms with Gasteiger partial charge in [0, 0.05) is 5.69 Å². The van der Waals surface area contributed by atoms with Crippen LogP contribution in [0.1, 0.15) is 32.3 Å². The SMILES string of the molecule is CC(C)C[C@H](NC(=O)Cc1ccc(N)cc1)C(=O)N[C@@H](CC(=O)O)C(=O)O. The molecule has 27 heavy (non-hydrogen) atoms. The predicted octanol–water partition coefficient (Wildman–Crippen LogP) is 0.386. The number of carbonyl (C=O) groups excluding carboxylic acids is 2. The maximum absolute atomic E-state index is 12.4. The van der Waals surface area contributed by atoms with Gasteiger partial charge in [-0.3, -0.25) is 14.4 Å². The molecule has 1 aromatic rings. The normalized spacial score (nSPS) is 12.9. The Kier molecular flexibility index (Phi) is 8.25. The second kappa shape index (κ2) is 10.1. The third kappa shape index (κ3) is 8.21. The van der Waals surface area contributed by atoms with E-state index in [1.165, 1.54) is 0 Å². The van der Waals surface area contributed by atoms with Crippen molar-refractivity contribution >= 4 is 29.4 Å². The molecule has 0 aliphatic heterocycles. The number of nitrogen functional groups attached to an aromatic ring is 1. The number of hydrogen-bond acceptors (Lipinski definition) is 5. The number of carbonyl (C=O) groups is 4. The van der Waals surface area contributed by atoms with Crippen LogP contribution >= 0.6 is 0 Å². The van der Waals surface area contributed by atoms with Gasteiger partial charge < -0.3 is 26.6 Å². The van der Waals surface area contributed by atoms with Crippen molar-refractivity contribution in [2.75, 3.05) is 5.73 Å². The van der Waals surface area contributed by atoms with Crippen LogP contribution in [0.25, 0.3) is 0 Å². The molecule has 0 bridgehead atoms. The van der Waals surface area contributed by atoms with E-state index in [0.29, 0.717) is 11.3 Å². The van der Waals surface area contributed by atoms with E-state index in [4.69, 9.17) is 15.9 Å². The van der Waals surface area contributed by atoms with Gasteiger partial charge in [0.2, 0.25) is 11.8 Å². The highest BCUT2D eigenvalue weighted by molar-refractivity contribution is 5.92. The second-order valence-electron chi connectivity index (χ2n) is 6.67. The summed E-state index contributed by atoms with van der Waals surface area (Å²) in [6, 6.07) is 4.16. The van der Waals surface area contributed by atoms with Gasteiger partial charge in [0.15, 0.2) is 0 Å². The molecule has 0 unspecified atom stereocenters. The molecule has 0 aliphatic carbocycles. The molecule has 0 radical (unpaired) electrons. The highest BCUT2D eigenvalue weighted by atomic mass is 16.4. The molecule has 148 valence electrons. The van der Waals surface area contributed by atoms with Crippen molar-refractivity contribution in [3.63, 3.8) is 0 Å². The van der Waals surface area contributed by atoms with E-state index in [1.54, 1.807) is 24.3 Å². The van der Waals surface area contributed by atoms with Gasteiger partial charge >= 0.3 is 11.9 Å². The Balaban J connectivity index is 2.79. The minimum absolute atomic E-state index is 0.0274. The summed E-state index contributed by atoms with van der Waals surface area (Å²) in [6.45, 7) is 3.69. The smallest absolute Gasteiger partial charge is 0.326 e. The summed E-state index contributed by atoms with van der Waals surface area (Å²) in [6.07, 6.45) is -0.451. The number of benzene rings is 1. The Morgan fingerprint density at radius 1 is 1.00 bits per heavy atom. The summed E-state index contributed by atoms with van der Waals surface area (Å²) < 4.78 is 0. The van der Waals surface area contributed by atoms with Crippen LogP contribution in [-0.4, -0.2) is 46.0 Å². The Bertz CT molecular complexity index is 687. The molecule has 0 saturated heterocycles. The van der Waals surface area contributed by atoms with Gasteiger partial charge in [-0.05, 0) is 30.0 Å². The number of nitrogens with one attached hydrogen (secondary N) is 2. The first kappa shape index (κ1) is 21.9. The van der Waals surface area contributed by atoms with Gasteiger partial charge in [-0.1, -0.05) is 26.0 Å². The van der Waals surface area contributed by atoms with Gasteiger partial charge in [0.05, 0.1) is 12.8 Å². The number of nitrogens with two attached hydrogens (primary N) is 1. The average Bonchev–Trinajstić information content (AvgIpc) is 2.54. The Hall–Kier alpha value is -3.10. The summed E-state index contributed by atoms with van der Waals surface area (Å²) in [5, 5.41) is 22.6. The number of rotatable bonds is 10. The Morgan fingerprint density at radius 3 is 2.07 bits per heavy atom. The summed E-state index contributed by atoms with van der Waals surface area (Å²) in [5.41, 5.74) is 6.87. The van der Waals surface area contributed by atoms with E-state index < -0.39 is 42.3 Å². The van der Waals surface area contributed by atoms with Crippen LogP contribution in [0.2, 0.25) is 0 Å². The third-order valence-electron chi connectivity index (χ3n) is 3.70. The van der Waals surface area contributed by atoms with Gasteiger partial charge in [-0.25, -0.2) is 4.79 Å². The molecule has 0 spiro atoms.